The summed E-state index contributed by atoms with van der Waals surface area (Å²) in [6, 6.07) is 0. The van der Waals surface area contributed by atoms with Gasteiger partial charge in [-0.15, -0.1) is 0 Å². The van der Waals surface area contributed by atoms with Crippen molar-refractivity contribution in [2.24, 2.45) is 0 Å². The van der Waals surface area contributed by atoms with Crippen LogP contribution in [0.2, 0.25) is 0 Å². The maximum absolute atomic E-state index is 11.5. The molecule has 0 spiro atoms. The van der Waals surface area contributed by atoms with E-state index in [1.165, 1.54) is 0 Å². The highest BCUT2D eigenvalue weighted by Gasteiger charge is 2.16. The number of aliphatic carboxylic acids is 1. The predicted molar refractivity (Wildman–Crippen MR) is 37.3 cm³/mol. The Labute approximate surface area is 72.4 Å². The first-order valence-electron chi connectivity index (χ1n) is 3.42. The highest BCUT2D eigenvalue weighted by atomic mass is 19.3. The van der Waals surface area contributed by atoms with E-state index >= 15 is 0 Å². The van der Waals surface area contributed by atoms with Gasteiger partial charge in [-0.3, -0.25) is 4.79 Å². The summed E-state index contributed by atoms with van der Waals surface area (Å²) in [5, 5.41) is 18.5. The zero-order valence-corrected chi connectivity index (χ0v) is 6.54. The first-order valence-corrected chi connectivity index (χ1v) is 3.42. The van der Waals surface area contributed by atoms with Crippen molar-refractivity contribution >= 4 is 11.9 Å². The Hall–Kier alpha value is -1.24. The van der Waals surface area contributed by atoms with Gasteiger partial charge in [-0.05, 0) is 0 Å². The third-order valence-electron chi connectivity index (χ3n) is 1.20. The normalized spacial score (nSPS) is 12.6. The number of carbonyl (C=O) groups excluding carboxylic acids is 1. The molecule has 0 rings (SSSR count). The second-order valence-electron chi connectivity index (χ2n) is 2.23. The van der Waals surface area contributed by atoms with Crippen LogP contribution in [0.4, 0.5) is 8.78 Å². The third kappa shape index (κ3) is 5.07. The molecule has 7 heteroatoms. The number of amides is 1. The van der Waals surface area contributed by atoms with Crippen LogP contribution in [0, 0.1) is 0 Å². The van der Waals surface area contributed by atoms with E-state index in [9.17, 15) is 18.4 Å². The first-order chi connectivity index (χ1) is 5.95. The summed E-state index contributed by atoms with van der Waals surface area (Å²) in [4.78, 5) is 20.2. The maximum Gasteiger partial charge on any atom is 0.332 e. The second kappa shape index (κ2) is 5.41. The van der Waals surface area contributed by atoms with Crippen molar-refractivity contribution in [3.05, 3.63) is 0 Å². The molecule has 76 valence electrons. The molecule has 5 nitrogen and oxygen atoms in total. The van der Waals surface area contributed by atoms with Crippen LogP contribution in [-0.2, 0) is 9.59 Å². The molecule has 13 heavy (non-hydrogen) atoms. The molecule has 0 aliphatic rings. The molecule has 0 fully saturated rings. The van der Waals surface area contributed by atoms with Gasteiger partial charge in [0, 0.05) is 13.0 Å². The molecule has 0 aliphatic carbocycles. The van der Waals surface area contributed by atoms with Crippen LogP contribution in [-0.4, -0.2) is 41.2 Å². The number of rotatable bonds is 5. The van der Waals surface area contributed by atoms with Gasteiger partial charge in [0.25, 0.3) is 5.91 Å². The second-order valence-corrected chi connectivity index (χ2v) is 2.23. The van der Waals surface area contributed by atoms with Crippen molar-refractivity contribution in [1.29, 1.82) is 0 Å². The quantitative estimate of drug-likeness (QED) is 0.538. The zero-order chi connectivity index (χ0) is 10.4. The molecule has 0 radical (unpaired) electrons. The summed E-state index contributed by atoms with van der Waals surface area (Å²) < 4.78 is 23.0. The average molecular weight is 197 g/mol. The predicted octanol–water partition coefficient (Wildman–Crippen LogP) is -0.797. The molecule has 1 atom stereocenters. The van der Waals surface area contributed by atoms with E-state index in [1.807, 2.05) is 0 Å². The molecule has 1 unspecified atom stereocenters. The Morgan fingerprint density at radius 2 is 1.92 bits per heavy atom. The fourth-order valence-electron chi connectivity index (χ4n) is 0.533. The van der Waals surface area contributed by atoms with Gasteiger partial charge in [-0.1, -0.05) is 0 Å². The Balaban J connectivity index is 3.56. The summed E-state index contributed by atoms with van der Waals surface area (Å²) in [7, 11) is 0. The van der Waals surface area contributed by atoms with Crippen molar-refractivity contribution in [2.75, 3.05) is 6.54 Å². The van der Waals surface area contributed by atoms with E-state index in [2.05, 4.69) is 0 Å². The topological polar surface area (TPSA) is 86.6 Å². The molecule has 0 heterocycles. The molecular formula is C6H9F2NO4. The summed E-state index contributed by atoms with van der Waals surface area (Å²) in [6.45, 7) is -0.295. The average Bonchev–Trinajstić information content (AvgIpc) is 2.03. The number of carbonyl (C=O) groups is 2. The van der Waals surface area contributed by atoms with Gasteiger partial charge in [-0.25, -0.2) is 4.79 Å². The minimum Gasteiger partial charge on any atom is -0.479 e. The Bertz CT molecular complexity index is 197. The van der Waals surface area contributed by atoms with E-state index < -0.39 is 24.4 Å². The van der Waals surface area contributed by atoms with Gasteiger partial charge in [-0.2, -0.15) is 8.78 Å². The highest BCUT2D eigenvalue weighted by molar-refractivity contribution is 5.79. The maximum atomic E-state index is 11.5. The molecule has 0 aromatic heterocycles. The molecule has 3 N–H and O–H groups in total. The van der Waals surface area contributed by atoms with Crippen molar-refractivity contribution in [1.82, 2.24) is 5.32 Å². The number of aliphatic hydroxyl groups excluding tert-OH is 1. The Morgan fingerprint density at radius 3 is 2.31 bits per heavy atom. The molecule has 0 aliphatic heterocycles. The standard InChI is InChI=1S/C6H9F2NO4/c7-4(8)5(11)9-2-1-3(10)6(12)13/h3-4,10H,1-2H2,(H,9,11)(H,12,13). The van der Waals surface area contributed by atoms with Gasteiger partial charge < -0.3 is 15.5 Å². The number of nitrogens with one attached hydrogen (secondary N) is 1. The molecular weight excluding hydrogens is 188 g/mol. The third-order valence-corrected chi connectivity index (χ3v) is 1.20. The number of hydrogen-bond acceptors (Lipinski definition) is 3. The van der Waals surface area contributed by atoms with Crippen LogP contribution in [0.15, 0.2) is 0 Å². The lowest BCUT2D eigenvalue weighted by Gasteiger charge is -2.06. The minimum absolute atomic E-state index is 0.295. The van der Waals surface area contributed by atoms with Gasteiger partial charge >= 0.3 is 12.4 Å². The molecule has 0 saturated heterocycles. The van der Waals surface area contributed by atoms with E-state index in [0.717, 1.165) is 0 Å². The van der Waals surface area contributed by atoms with E-state index in [1.54, 1.807) is 5.32 Å². The molecule has 0 aromatic rings. The first kappa shape index (κ1) is 11.8. The van der Waals surface area contributed by atoms with Crippen molar-refractivity contribution < 1.29 is 28.6 Å². The molecule has 0 aromatic carbocycles. The molecule has 1 amide bonds. The summed E-state index contributed by atoms with van der Waals surface area (Å²) in [6.07, 6.45) is -5.06. The van der Waals surface area contributed by atoms with Gasteiger partial charge in [0.2, 0.25) is 0 Å². The van der Waals surface area contributed by atoms with Crippen molar-refractivity contribution in [3.63, 3.8) is 0 Å². The van der Waals surface area contributed by atoms with E-state index in [-0.39, 0.29) is 13.0 Å². The SMILES string of the molecule is O=C(NCCC(O)C(=O)O)C(F)F. The lowest BCUT2D eigenvalue weighted by molar-refractivity contribution is -0.147. The van der Waals surface area contributed by atoms with Gasteiger partial charge in [0.15, 0.2) is 6.10 Å². The number of halogens is 2. The monoisotopic (exact) mass is 197 g/mol. The van der Waals surface area contributed by atoms with Gasteiger partial charge in [0.05, 0.1) is 0 Å². The highest BCUT2D eigenvalue weighted by Crippen LogP contribution is 1.93. The van der Waals surface area contributed by atoms with Crippen LogP contribution in [0.3, 0.4) is 0 Å². The summed E-state index contributed by atoms with van der Waals surface area (Å²) >= 11 is 0. The number of aliphatic hydroxyl groups is 1. The minimum atomic E-state index is -3.12. The molecule has 0 bridgehead atoms. The van der Waals surface area contributed by atoms with Crippen LogP contribution in [0.1, 0.15) is 6.42 Å². The lowest BCUT2D eigenvalue weighted by Crippen LogP contribution is -2.33. The Morgan fingerprint density at radius 1 is 1.38 bits per heavy atom. The van der Waals surface area contributed by atoms with Crippen molar-refractivity contribution in [3.8, 4) is 0 Å². The lowest BCUT2D eigenvalue weighted by atomic mass is 10.2. The van der Waals surface area contributed by atoms with E-state index in [4.69, 9.17) is 10.2 Å². The van der Waals surface area contributed by atoms with Crippen molar-refractivity contribution in [2.45, 2.75) is 19.0 Å². The smallest absolute Gasteiger partial charge is 0.332 e. The van der Waals surface area contributed by atoms with Crippen LogP contribution in [0.5, 0.6) is 0 Å². The zero-order valence-electron chi connectivity index (χ0n) is 6.54. The number of hydrogen-bond donors (Lipinski definition) is 3. The van der Waals surface area contributed by atoms with E-state index in [0.29, 0.717) is 0 Å². The fourth-order valence-corrected chi connectivity index (χ4v) is 0.533. The summed E-state index contributed by atoms with van der Waals surface area (Å²) in [5.41, 5.74) is 0. The number of carboxylic acids is 1. The number of alkyl halides is 2. The fraction of sp³-hybridized carbons (Fsp3) is 0.667. The Kier molecular flexibility index (Phi) is 4.90. The summed E-state index contributed by atoms with van der Waals surface area (Å²) in [5.74, 6) is -2.93. The van der Waals surface area contributed by atoms with Crippen LogP contribution in [0.25, 0.3) is 0 Å². The largest absolute Gasteiger partial charge is 0.479 e. The number of carboxylic acid groups (broad SMARTS) is 1. The van der Waals surface area contributed by atoms with Gasteiger partial charge in [0.1, 0.15) is 0 Å². The molecule has 0 saturated carbocycles. The van der Waals surface area contributed by atoms with Crippen LogP contribution < -0.4 is 5.32 Å². The van der Waals surface area contributed by atoms with Crippen LogP contribution >= 0.6 is 0 Å².